The van der Waals surface area contributed by atoms with Crippen LogP contribution in [-0.4, -0.2) is 45.5 Å². The summed E-state index contributed by atoms with van der Waals surface area (Å²) >= 11 is 1.65. The molecule has 8 heteroatoms. The van der Waals surface area contributed by atoms with Crippen molar-refractivity contribution in [1.82, 2.24) is 5.32 Å². The highest BCUT2D eigenvalue weighted by Crippen LogP contribution is 2.34. The van der Waals surface area contributed by atoms with Gasteiger partial charge in [-0.15, -0.1) is 11.8 Å². The minimum atomic E-state index is -3.50. The molecule has 0 unspecified atom stereocenters. The number of sulfonamides is 1. The van der Waals surface area contributed by atoms with Gasteiger partial charge in [0.2, 0.25) is 10.0 Å². The Morgan fingerprint density at radius 1 is 1.22 bits per heavy atom. The van der Waals surface area contributed by atoms with Gasteiger partial charge in [0, 0.05) is 17.2 Å². The van der Waals surface area contributed by atoms with Crippen LogP contribution in [0, 0.1) is 6.92 Å². The number of fused-ring (bicyclic) bond motifs is 1. The van der Waals surface area contributed by atoms with Gasteiger partial charge in [0.05, 0.1) is 18.5 Å². The van der Waals surface area contributed by atoms with Crippen molar-refractivity contribution in [2.24, 2.45) is 0 Å². The molecule has 0 aliphatic carbocycles. The number of aryl methyl sites for hydroxylation is 1. The molecule has 1 N–H and O–H groups in total. The lowest BCUT2D eigenvalue weighted by molar-refractivity contribution is -0.127. The van der Waals surface area contributed by atoms with Crippen molar-refractivity contribution in [3.8, 4) is 5.75 Å². The second-order valence-corrected chi connectivity index (χ2v) is 9.40. The zero-order chi connectivity index (χ0) is 19.4. The van der Waals surface area contributed by atoms with E-state index in [1.807, 2.05) is 31.2 Å². The summed E-state index contributed by atoms with van der Waals surface area (Å²) in [6, 6.07) is 15.0. The van der Waals surface area contributed by atoms with Crippen molar-refractivity contribution < 1.29 is 17.9 Å². The Labute approximate surface area is 164 Å². The van der Waals surface area contributed by atoms with E-state index in [4.69, 9.17) is 4.74 Å². The number of amides is 1. The molecule has 0 saturated carbocycles. The van der Waals surface area contributed by atoms with Crippen LogP contribution in [0.2, 0.25) is 0 Å². The molecule has 0 bridgehead atoms. The second kappa shape index (κ2) is 8.22. The summed E-state index contributed by atoms with van der Waals surface area (Å²) in [7, 11) is -3.50. The Morgan fingerprint density at radius 2 is 1.93 bits per heavy atom. The van der Waals surface area contributed by atoms with Crippen LogP contribution in [0.3, 0.4) is 0 Å². The highest BCUT2D eigenvalue weighted by molar-refractivity contribution is 7.99. The van der Waals surface area contributed by atoms with Gasteiger partial charge in [-0.2, -0.15) is 0 Å². The summed E-state index contributed by atoms with van der Waals surface area (Å²) < 4.78 is 31.1. The number of nitrogens with zero attached hydrogens (tertiary/aromatic N) is 1. The number of rotatable bonds is 6. The van der Waals surface area contributed by atoms with Gasteiger partial charge in [0.15, 0.2) is 6.10 Å². The minimum absolute atomic E-state index is 0.0349. The first kappa shape index (κ1) is 19.6. The van der Waals surface area contributed by atoms with Gasteiger partial charge in [0.1, 0.15) is 5.75 Å². The Bertz CT molecular complexity index is 914. The third-order valence-electron chi connectivity index (χ3n) is 4.12. The number of nitrogens with one attached hydrogen (secondary N) is 1. The average molecular weight is 407 g/mol. The van der Waals surface area contributed by atoms with Gasteiger partial charge in [-0.05, 0) is 31.2 Å². The van der Waals surface area contributed by atoms with Crippen molar-refractivity contribution in [3.63, 3.8) is 0 Å². The Kier molecular flexibility index (Phi) is 5.96. The van der Waals surface area contributed by atoms with Crippen LogP contribution in [-0.2, 0) is 14.8 Å². The first-order valence-electron chi connectivity index (χ1n) is 8.55. The standard InChI is InChI=1S/C19H22N2O4S2/c1-14-7-9-15(10-8-14)26-12-11-20-19(22)18-13-21(27(2,23)24)16-5-3-4-6-17(16)25-18/h3-10,18H,11-13H2,1-2H3,(H,20,22)/t18-/m0/s1. The zero-order valence-electron chi connectivity index (χ0n) is 15.2. The normalized spacial score (nSPS) is 16.4. The number of para-hydroxylation sites is 2. The van der Waals surface area contributed by atoms with Gasteiger partial charge in [0.25, 0.3) is 5.91 Å². The third-order valence-corrected chi connectivity index (χ3v) is 6.28. The number of ether oxygens (including phenoxy) is 1. The van der Waals surface area contributed by atoms with E-state index < -0.39 is 16.1 Å². The molecule has 6 nitrogen and oxygen atoms in total. The van der Waals surface area contributed by atoms with Crippen LogP contribution in [0.1, 0.15) is 5.56 Å². The molecule has 1 amide bonds. The fourth-order valence-electron chi connectivity index (χ4n) is 2.74. The number of carbonyl (C=O) groups excluding carboxylic acids is 1. The van der Waals surface area contributed by atoms with Crippen LogP contribution in [0.15, 0.2) is 53.4 Å². The van der Waals surface area contributed by atoms with Crippen molar-refractivity contribution in [2.45, 2.75) is 17.9 Å². The lowest BCUT2D eigenvalue weighted by Gasteiger charge is -2.33. The van der Waals surface area contributed by atoms with Crippen LogP contribution >= 0.6 is 11.8 Å². The number of carbonyl (C=O) groups is 1. The van der Waals surface area contributed by atoms with Crippen LogP contribution in [0.25, 0.3) is 0 Å². The molecule has 1 atom stereocenters. The summed E-state index contributed by atoms with van der Waals surface area (Å²) in [4.78, 5) is 13.6. The maximum absolute atomic E-state index is 12.5. The molecule has 0 saturated heterocycles. The highest BCUT2D eigenvalue weighted by Gasteiger charge is 2.34. The van der Waals surface area contributed by atoms with Crippen LogP contribution < -0.4 is 14.4 Å². The summed E-state index contributed by atoms with van der Waals surface area (Å²) in [5, 5.41) is 2.83. The maximum atomic E-state index is 12.5. The lowest BCUT2D eigenvalue weighted by Crippen LogP contribution is -2.50. The Balaban J connectivity index is 1.58. The fourth-order valence-corrected chi connectivity index (χ4v) is 4.43. The lowest BCUT2D eigenvalue weighted by atomic mass is 10.2. The Morgan fingerprint density at radius 3 is 2.63 bits per heavy atom. The molecule has 1 aliphatic heterocycles. The number of thioether (sulfide) groups is 1. The van der Waals surface area contributed by atoms with Crippen molar-refractivity contribution in [3.05, 3.63) is 54.1 Å². The summed E-state index contributed by atoms with van der Waals surface area (Å²) in [5.41, 5.74) is 1.66. The van der Waals surface area contributed by atoms with Crippen molar-refractivity contribution in [2.75, 3.05) is 29.4 Å². The van der Waals surface area contributed by atoms with E-state index in [-0.39, 0.29) is 12.5 Å². The summed E-state index contributed by atoms with van der Waals surface area (Å²) in [5.74, 6) is 0.791. The highest BCUT2D eigenvalue weighted by atomic mass is 32.2. The summed E-state index contributed by atoms with van der Waals surface area (Å²) in [6.07, 6.45) is 0.251. The topological polar surface area (TPSA) is 75.7 Å². The largest absolute Gasteiger partial charge is 0.476 e. The van der Waals surface area contributed by atoms with E-state index in [0.29, 0.717) is 23.7 Å². The molecule has 1 aliphatic rings. The van der Waals surface area contributed by atoms with E-state index in [1.165, 1.54) is 9.87 Å². The Hall–Kier alpha value is -2.19. The molecule has 2 aromatic carbocycles. The van der Waals surface area contributed by atoms with E-state index in [1.54, 1.807) is 36.0 Å². The predicted molar refractivity (Wildman–Crippen MR) is 108 cm³/mol. The first-order valence-corrected chi connectivity index (χ1v) is 11.4. The molecule has 3 rings (SSSR count). The van der Waals surface area contributed by atoms with Gasteiger partial charge < -0.3 is 10.1 Å². The van der Waals surface area contributed by atoms with Crippen LogP contribution in [0.4, 0.5) is 5.69 Å². The molecule has 27 heavy (non-hydrogen) atoms. The molecule has 0 spiro atoms. The first-order chi connectivity index (χ1) is 12.8. The molecular formula is C19H22N2O4S2. The third kappa shape index (κ3) is 4.95. The molecular weight excluding hydrogens is 384 g/mol. The minimum Gasteiger partial charge on any atom is -0.476 e. The van der Waals surface area contributed by atoms with Gasteiger partial charge >= 0.3 is 0 Å². The predicted octanol–water partition coefficient (Wildman–Crippen LogP) is 2.43. The number of anilines is 1. The van der Waals surface area contributed by atoms with E-state index in [0.717, 1.165) is 11.2 Å². The molecule has 2 aromatic rings. The smallest absolute Gasteiger partial charge is 0.263 e. The molecule has 0 aromatic heterocycles. The van der Waals surface area contributed by atoms with Crippen molar-refractivity contribution >= 4 is 33.4 Å². The van der Waals surface area contributed by atoms with Gasteiger partial charge in [-0.3, -0.25) is 9.10 Å². The maximum Gasteiger partial charge on any atom is 0.263 e. The fraction of sp³-hybridized carbons (Fsp3) is 0.316. The average Bonchev–Trinajstić information content (AvgIpc) is 2.64. The SMILES string of the molecule is Cc1ccc(SCCNC(=O)[C@@H]2CN(S(C)(=O)=O)c3ccccc3O2)cc1. The zero-order valence-corrected chi connectivity index (χ0v) is 16.8. The van der Waals surface area contributed by atoms with Crippen molar-refractivity contribution in [1.29, 1.82) is 0 Å². The van der Waals surface area contributed by atoms with Gasteiger partial charge in [-0.25, -0.2) is 8.42 Å². The van der Waals surface area contributed by atoms with Gasteiger partial charge in [-0.1, -0.05) is 29.8 Å². The monoisotopic (exact) mass is 406 g/mol. The number of benzene rings is 2. The van der Waals surface area contributed by atoms with Crippen LogP contribution in [0.5, 0.6) is 5.75 Å². The summed E-state index contributed by atoms with van der Waals surface area (Å²) in [6.45, 7) is 2.47. The molecule has 144 valence electrons. The van der Waals surface area contributed by atoms with E-state index >= 15 is 0 Å². The second-order valence-electron chi connectivity index (χ2n) is 6.32. The number of hydrogen-bond acceptors (Lipinski definition) is 5. The quantitative estimate of drug-likeness (QED) is 0.589. The molecule has 0 fully saturated rings. The van der Waals surface area contributed by atoms with E-state index in [9.17, 15) is 13.2 Å². The number of hydrogen-bond donors (Lipinski definition) is 1. The molecule has 1 heterocycles. The van der Waals surface area contributed by atoms with E-state index in [2.05, 4.69) is 5.32 Å². The molecule has 0 radical (unpaired) electrons.